The first-order chi connectivity index (χ1) is 11.6. The topological polar surface area (TPSA) is 52.7 Å². The van der Waals surface area contributed by atoms with Crippen molar-refractivity contribution in [3.8, 4) is 0 Å². The SMILES string of the molecule is O=C(NC1CCCC1)N1CCN(C(=O)c2c(F)cccc2Cl)CC1. The van der Waals surface area contributed by atoms with Crippen molar-refractivity contribution in [3.63, 3.8) is 0 Å². The number of amides is 3. The van der Waals surface area contributed by atoms with Gasteiger partial charge in [0.2, 0.25) is 0 Å². The lowest BCUT2D eigenvalue weighted by atomic mass is 10.1. The molecule has 1 saturated carbocycles. The molecule has 1 N–H and O–H groups in total. The van der Waals surface area contributed by atoms with E-state index >= 15 is 0 Å². The van der Waals surface area contributed by atoms with E-state index in [4.69, 9.17) is 11.6 Å². The highest BCUT2D eigenvalue weighted by atomic mass is 35.5. The molecule has 1 aliphatic carbocycles. The van der Waals surface area contributed by atoms with Gasteiger partial charge in [-0.25, -0.2) is 9.18 Å². The van der Waals surface area contributed by atoms with E-state index in [1.807, 2.05) is 0 Å². The summed E-state index contributed by atoms with van der Waals surface area (Å²) in [6, 6.07) is 4.40. The second kappa shape index (κ2) is 7.38. The monoisotopic (exact) mass is 353 g/mol. The molecule has 0 aromatic heterocycles. The smallest absolute Gasteiger partial charge is 0.317 e. The van der Waals surface area contributed by atoms with E-state index in [1.54, 1.807) is 9.80 Å². The van der Waals surface area contributed by atoms with Gasteiger partial charge >= 0.3 is 6.03 Å². The minimum Gasteiger partial charge on any atom is -0.335 e. The zero-order valence-corrected chi connectivity index (χ0v) is 14.2. The molecule has 1 aromatic carbocycles. The molecule has 1 aliphatic heterocycles. The van der Waals surface area contributed by atoms with Gasteiger partial charge in [0.25, 0.3) is 5.91 Å². The van der Waals surface area contributed by atoms with Gasteiger partial charge in [-0.3, -0.25) is 4.79 Å². The lowest BCUT2D eigenvalue weighted by Crippen LogP contribution is -2.54. The Morgan fingerprint density at radius 2 is 1.71 bits per heavy atom. The van der Waals surface area contributed by atoms with Gasteiger partial charge in [0, 0.05) is 32.2 Å². The molecule has 1 saturated heterocycles. The maximum absolute atomic E-state index is 13.9. The molecule has 7 heteroatoms. The van der Waals surface area contributed by atoms with Gasteiger partial charge in [-0.2, -0.15) is 0 Å². The van der Waals surface area contributed by atoms with Crippen LogP contribution in [0.5, 0.6) is 0 Å². The first kappa shape index (κ1) is 17.0. The van der Waals surface area contributed by atoms with Crippen LogP contribution in [-0.4, -0.2) is 54.0 Å². The fraction of sp³-hybridized carbons (Fsp3) is 0.529. The number of rotatable bonds is 2. The van der Waals surface area contributed by atoms with Crippen LogP contribution in [-0.2, 0) is 0 Å². The van der Waals surface area contributed by atoms with E-state index in [-0.39, 0.29) is 22.7 Å². The van der Waals surface area contributed by atoms with E-state index in [1.165, 1.54) is 18.2 Å². The lowest BCUT2D eigenvalue weighted by molar-refractivity contribution is 0.0659. The van der Waals surface area contributed by atoms with Crippen molar-refractivity contribution in [2.45, 2.75) is 31.7 Å². The van der Waals surface area contributed by atoms with Gasteiger partial charge in [0.15, 0.2) is 0 Å². The van der Waals surface area contributed by atoms with Crippen LogP contribution in [0.4, 0.5) is 9.18 Å². The first-order valence-electron chi connectivity index (χ1n) is 8.35. The number of benzene rings is 1. The standard InChI is InChI=1S/C17H21ClFN3O2/c18-13-6-3-7-14(19)15(13)16(23)21-8-10-22(11-9-21)17(24)20-12-4-1-2-5-12/h3,6-7,12H,1-2,4-5,8-11H2,(H,20,24). The van der Waals surface area contributed by atoms with Gasteiger partial charge in [-0.1, -0.05) is 30.5 Å². The third-order valence-electron chi connectivity index (χ3n) is 4.71. The average Bonchev–Trinajstić information content (AvgIpc) is 3.07. The second-order valence-corrected chi connectivity index (χ2v) is 6.71. The molecule has 0 atom stereocenters. The molecule has 0 spiro atoms. The van der Waals surface area contributed by atoms with Gasteiger partial charge in [0.05, 0.1) is 10.6 Å². The van der Waals surface area contributed by atoms with Gasteiger partial charge in [-0.15, -0.1) is 0 Å². The highest BCUT2D eigenvalue weighted by Gasteiger charge is 2.28. The molecular formula is C17H21ClFN3O2. The molecular weight excluding hydrogens is 333 g/mol. The van der Waals surface area contributed by atoms with Gasteiger partial charge in [-0.05, 0) is 25.0 Å². The summed E-state index contributed by atoms with van der Waals surface area (Å²) in [5.41, 5.74) is -0.0944. The number of carbonyl (C=O) groups is 2. The number of urea groups is 1. The number of nitrogens with zero attached hydrogens (tertiary/aromatic N) is 2. The zero-order chi connectivity index (χ0) is 17.1. The molecule has 2 aliphatic rings. The second-order valence-electron chi connectivity index (χ2n) is 6.31. The predicted octanol–water partition coefficient (Wildman–Crippen LogP) is 2.89. The van der Waals surface area contributed by atoms with Gasteiger partial charge < -0.3 is 15.1 Å². The summed E-state index contributed by atoms with van der Waals surface area (Å²) < 4.78 is 13.9. The van der Waals surface area contributed by atoms with Crippen LogP contribution >= 0.6 is 11.6 Å². The molecule has 1 aromatic rings. The Labute approximate surface area is 145 Å². The molecule has 0 unspecified atom stereocenters. The average molecular weight is 354 g/mol. The Morgan fingerprint density at radius 3 is 2.33 bits per heavy atom. The third-order valence-corrected chi connectivity index (χ3v) is 5.03. The summed E-state index contributed by atoms with van der Waals surface area (Å²) in [5, 5.41) is 3.16. The Morgan fingerprint density at radius 1 is 1.08 bits per heavy atom. The Kier molecular flexibility index (Phi) is 5.23. The number of nitrogens with one attached hydrogen (secondary N) is 1. The van der Waals surface area contributed by atoms with Crippen molar-refractivity contribution in [1.29, 1.82) is 0 Å². The minimum atomic E-state index is -0.617. The molecule has 24 heavy (non-hydrogen) atoms. The van der Waals surface area contributed by atoms with E-state index in [9.17, 15) is 14.0 Å². The Balaban J connectivity index is 1.56. The van der Waals surface area contributed by atoms with Crippen LogP contribution in [0, 0.1) is 5.82 Å². The maximum atomic E-state index is 13.9. The molecule has 5 nitrogen and oxygen atoms in total. The van der Waals surface area contributed by atoms with Crippen molar-refractivity contribution in [3.05, 3.63) is 34.6 Å². The van der Waals surface area contributed by atoms with E-state index in [0.717, 1.165) is 25.7 Å². The van der Waals surface area contributed by atoms with Crippen LogP contribution < -0.4 is 5.32 Å². The van der Waals surface area contributed by atoms with Crippen molar-refractivity contribution in [1.82, 2.24) is 15.1 Å². The minimum absolute atomic E-state index is 0.0714. The third kappa shape index (κ3) is 3.64. The summed E-state index contributed by atoms with van der Waals surface area (Å²) in [6.07, 6.45) is 4.40. The van der Waals surface area contributed by atoms with Crippen LogP contribution in [0.2, 0.25) is 5.02 Å². The largest absolute Gasteiger partial charge is 0.335 e. The number of piperazine rings is 1. The molecule has 2 fully saturated rings. The zero-order valence-electron chi connectivity index (χ0n) is 13.4. The highest BCUT2D eigenvalue weighted by molar-refractivity contribution is 6.33. The van der Waals surface area contributed by atoms with Crippen molar-refractivity contribution >= 4 is 23.5 Å². The molecule has 0 radical (unpaired) electrons. The summed E-state index contributed by atoms with van der Waals surface area (Å²) >= 11 is 5.96. The Hall–Kier alpha value is -1.82. The van der Waals surface area contributed by atoms with E-state index in [0.29, 0.717) is 26.2 Å². The van der Waals surface area contributed by atoms with E-state index in [2.05, 4.69) is 5.32 Å². The summed E-state index contributed by atoms with van der Waals surface area (Å²) in [7, 11) is 0. The summed E-state index contributed by atoms with van der Waals surface area (Å²) in [4.78, 5) is 28.0. The molecule has 0 bridgehead atoms. The number of halogens is 2. The van der Waals surface area contributed by atoms with E-state index < -0.39 is 11.7 Å². The van der Waals surface area contributed by atoms with Crippen molar-refractivity contribution < 1.29 is 14.0 Å². The fourth-order valence-corrected chi connectivity index (χ4v) is 3.55. The number of carbonyl (C=O) groups excluding carboxylic acids is 2. The highest BCUT2D eigenvalue weighted by Crippen LogP contribution is 2.22. The maximum Gasteiger partial charge on any atom is 0.317 e. The number of hydrogen-bond donors (Lipinski definition) is 1. The molecule has 3 amide bonds. The van der Waals surface area contributed by atoms with Crippen molar-refractivity contribution in [2.24, 2.45) is 0 Å². The molecule has 130 valence electrons. The number of hydrogen-bond acceptors (Lipinski definition) is 2. The first-order valence-corrected chi connectivity index (χ1v) is 8.73. The fourth-order valence-electron chi connectivity index (χ4n) is 3.31. The van der Waals surface area contributed by atoms with Crippen LogP contribution in [0.1, 0.15) is 36.0 Å². The van der Waals surface area contributed by atoms with Gasteiger partial charge in [0.1, 0.15) is 5.82 Å². The van der Waals surface area contributed by atoms with Crippen LogP contribution in [0.15, 0.2) is 18.2 Å². The van der Waals surface area contributed by atoms with Crippen LogP contribution in [0.25, 0.3) is 0 Å². The summed E-state index contributed by atoms with van der Waals surface area (Å²) in [5.74, 6) is -1.04. The molecule has 1 heterocycles. The normalized spacial score (nSPS) is 18.8. The Bertz CT molecular complexity index is 606. The summed E-state index contributed by atoms with van der Waals surface area (Å²) in [6.45, 7) is 1.63. The lowest BCUT2D eigenvalue weighted by Gasteiger charge is -2.35. The quantitative estimate of drug-likeness (QED) is 0.888. The van der Waals surface area contributed by atoms with Crippen LogP contribution in [0.3, 0.4) is 0 Å². The van der Waals surface area contributed by atoms with Crippen molar-refractivity contribution in [2.75, 3.05) is 26.2 Å². The predicted molar refractivity (Wildman–Crippen MR) is 89.7 cm³/mol. The molecule has 3 rings (SSSR count).